The van der Waals surface area contributed by atoms with Crippen molar-refractivity contribution in [2.75, 3.05) is 13.7 Å². The van der Waals surface area contributed by atoms with Crippen molar-refractivity contribution in [3.63, 3.8) is 0 Å². The fourth-order valence-corrected chi connectivity index (χ4v) is 2.25. The molecule has 0 saturated heterocycles. The quantitative estimate of drug-likeness (QED) is 0.850. The third kappa shape index (κ3) is 2.51. The van der Waals surface area contributed by atoms with Crippen LogP contribution >= 0.6 is 15.9 Å². The molecule has 0 radical (unpaired) electrons. The van der Waals surface area contributed by atoms with Crippen molar-refractivity contribution < 1.29 is 14.2 Å². The number of methoxy groups -OCH3 is 1. The van der Waals surface area contributed by atoms with Crippen LogP contribution in [-0.2, 0) is 0 Å². The normalized spacial score (nSPS) is 17.1. The van der Waals surface area contributed by atoms with Crippen LogP contribution in [0, 0.1) is 0 Å². The lowest BCUT2D eigenvalue weighted by atomic mass is 10.1. The average Bonchev–Trinajstić information content (AvgIpc) is 2.47. The van der Waals surface area contributed by atoms with E-state index in [9.17, 15) is 0 Å². The second-order valence-electron chi connectivity index (χ2n) is 4.14. The zero-order chi connectivity index (χ0) is 13.2. The molecule has 1 aliphatic rings. The smallest absolute Gasteiger partial charge is 0.212 e. The number of ether oxygens (including phenoxy) is 3. The Labute approximate surface area is 119 Å². The standard InChI is InChI=1S/C14H12BrNO3/c1-17-14-5-2-9(7-16-14)13-8-18-12-6-10(15)3-4-11(12)19-13/h2-7,13H,8H2,1H3. The molecule has 0 bridgehead atoms. The molecule has 0 saturated carbocycles. The molecule has 0 aliphatic carbocycles. The Morgan fingerprint density at radius 2 is 2.16 bits per heavy atom. The molecule has 0 amide bonds. The predicted octanol–water partition coefficient (Wildman–Crippen LogP) is 3.37. The summed E-state index contributed by atoms with van der Waals surface area (Å²) in [7, 11) is 1.59. The van der Waals surface area contributed by atoms with E-state index in [0.29, 0.717) is 12.5 Å². The Morgan fingerprint density at radius 3 is 2.89 bits per heavy atom. The van der Waals surface area contributed by atoms with E-state index in [1.54, 1.807) is 13.3 Å². The average molecular weight is 322 g/mol. The third-order valence-electron chi connectivity index (χ3n) is 2.91. The topological polar surface area (TPSA) is 40.6 Å². The number of hydrogen-bond donors (Lipinski definition) is 0. The number of benzene rings is 1. The second-order valence-corrected chi connectivity index (χ2v) is 5.06. The van der Waals surface area contributed by atoms with E-state index >= 15 is 0 Å². The first-order valence-corrected chi connectivity index (χ1v) is 6.64. The van der Waals surface area contributed by atoms with Crippen LogP contribution in [0.2, 0.25) is 0 Å². The van der Waals surface area contributed by atoms with Gasteiger partial charge in [-0.25, -0.2) is 4.98 Å². The Kier molecular flexibility index (Phi) is 3.29. The maximum Gasteiger partial charge on any atom is 0.212 e. The van der Waals surface area contributed by atoms with Gasteiger partial charge in [-0.05, 0) is 24.3 Å². The van der Waals surface area contributed by atoms with Gasteiger partial charge in [-0.3, -0.25) is 0 Å². The van der Waals surface area contributed by atoms with Gasteiger partial charge in [-0.1, -0.05) is 15.9 Å². The molecule has 0 fully saturated rings. The minimum Gasteiger partial charge on any atom is -0.485 e. The molecule has 3 rings (SSSR count). The molecule has 1 atom stereocenters. The van der Waals surface area contributed by atoms with Gasteiger partial charge in [0.2, 0.25) is 5.88 Å². The van der Waals surface area contributed by atoms with Gasteiger partial charge in [0.25, 0.3) is 0 Å². The first-order valence-electron chi connectivity index (χ1n) is 5.85. The largest absolute Gasteiger partial charge is 0.485 e. The number of hydrogen-bond acceptors (Lipinski definition) is 4. The van der Waals surface area contributed by atoms with E-state index in [-0.39, 0.29) is 6.10 Å². The van der Waals surface area contributed by atoms with Gasteiger partial charge in [0.1, 0.15) is 6.61 Å². The lowest BCUT2D eigenvalue weighted by molar-refractivity contribution is 0.0909. The lowest BCUT2D eigenvalue weighted by Gasteiger charge is -2.26. The Bertz CT molecular complexity index is 586. The highest BCUT2D eigenvalue weighted by atomic mass is 79.9. The molecule has 98 valence electrons. The Balaban J connectivity index is 1.82. The summed E-state index contributed by atoms with van der Waals surface area (Å²) >= 11 is 3.41. The summed E-state index contributed by atoms with van der Waals surface area (Å²) in [6.45, 7) is 0.470. The van der Waals surface area contributed by atoms with Crippen molar-refractivity contribution >= 4 is 15.9 Å². The number of aromatic nitrogens is 1. The van der Waals surface area contributed by atoms with Crippen molar-refractivity contribution in [2.45, 2.75) is 6.10 Å². The number of pyridine rings is 1. The first kappa shape index (κ1) is 12.3. The van der Waals surface area contributed by atoms with Crippen molar-refractivity contribution in [1.29, 1.82) is 0 Å². The first-order chi connectivity index (χ1) is 9.26. The number of halogens is 1. The summed E-state index contributed by atoms with van der Waals surface area (Å²) in [5, 5.41) is 0. The third-order valence-corrected chi connectivity index (χ3v) is 3.40. The maximum absolute atomic E-state index is 5.92. The van der Waals surface area contributed by atoms with Crippen molar-refractivity contribution in [1.82, 2.24) is 4.98 Å². The molecule has 1 aromatic carbocycles. The van der Waals surface area contributed by atoms with Gasteiger partial charge in [0.05, 0.1) is 7.11 Å². The molecule has 4 nitrogen and oxygen atoms in total. The van der Waals surface area contributed by atoms with Crippen molar-refractivity contribution in [3.05, 3.63) is 46.6 Å². The van der Waals surface area contributed by atoms with Crippen LogP contribution in [0.15, 0.2) is 41.0 Å². The van der Waals surface area contributed by atoms with Crippen LogP contribution in [0.4, 0.5) is 0 Å². The summed E-state index contributed by atoms with van der Waals surface area (Å²) in [5.41, 5.74) is 0.967. The summed E-state index contributed by atoms with van der Waals surface area (Å²) in [4.78, 5) is 4.18. The highest BCUT2D eigenvalue weighted by Crippen LogP contribution is 2.37. The van der Waals surface area contributed by atoms with E-state index in [1.165, 1.54) is 0 Å². The SMILES string of the molecule is COc1ccc(C2COc3cc(Br)ccc3O2)cn1. The van der Waals surface area contributed by atoms with Gasteiger partial charge in [-0.2, -0.15) is 0 Å². The zero-order valence-corrected chi connectivity index (χ0v) is 11.9. The van der Waals surface area contributed by atoms with Crippen LogP contribution in [0.1, 0.15) is 11.7 Å². The molecule has 1 aromatic heterocycles. The molecule has 0 N–H and O–H groups in total. The van der Waals surface area contributed by atoms with E-state index in [4.69, 9.17) is 14.2 Å². The fraction of sp³-hybridized carbons (Fsp3) is 0.214. The fourth-order valence-electron chi connectivity index (χ4n) is 1.91. The highest BCUT2D eigenvalue weighted by molar-refractivity contribution is 9.10. The molecule has 0 spiro atoms. The Morgan fingerprint density at radius 1 is 1.26 bits per heavy atom. The summed E-state index contributed by atoms with van der Waals surface area (Å²) < 4.78 is 17.6. The van der Waals surface area contributed by atoms with Crippen LogP contribution < -0.4 is 14.2 Å². The van der Waals surface area contributed by atoms with Crippen LogP contribution in [0.5, 0.6) is 17.4 Å². The summed E-state index contributed by atoms with van der Waals surface area (Å²) in [6, 6.07) is 9.47. The monoisotopic (exact) mass is 321 g/mol. The molecule has 1 aliphatic heterocycles. The summed E-state index contributed by atoms with van der Waals surface area (Å²) in [5.74, 6) is 2.09. The van der Waals surface area contributed by atoms with Gasteiger partial charge < -0.3 is 14.2 Å². The van der Waals surface area contributed by atoms with E-state index in [2.05, 4.69) is 20.9 Å². The van der Waals surface area contributed by atoms with Gasteiger partial charge in [0.15, 0.2) is 17.6 Å². The number of rotatable bonds is 2. The highest BCUT2D eigenvalue weighted by Gasteiger charge is 2.23. The predicted molar refractivity (Wildman–Crippen MR) is 73.8 cm³/mol. The van der Waals surface area contributed by atoms with Crippen molar-refractivity contribution in [3.8, 4) is 17.4 Å². The molecule has 2 heterocycles. The van der Waals surface area contributed by atoms with E-state index < -0.39 is 0 Å². The summed E-state index contributed by atoms with van der Waals surface area (Å²) in [6.07, 6.45) is 1.60. The van der Waals surface area contributed by atoms with Crippen molar-refractivity contribution in [2.24, 2.45) is 0 Å². The second kappa shape index (κ2) is 5.09. The van der Waals surface area contributed by atoms with Crippen LogP contribution in [-0.4, -0.2) is 18.7 Å². The van der Waals surface area contributed by atoms with E-state index in [0.717, 1.165) is 21.5 Å². The Hall–Kier alpha value is -1.75. The number of fused-ring (bicyclic) bond motifs is 1. The molecule has 19 heavy (non-hydrogen) atoms. The molecule has 5 heteroatoms. The van der Waals surface area contributed by atoms with E-state index in [1.807, 2.05) is 30.3 Å². The minimum absolute atomic E-state index is 0.146. The molecular formula is C14H12BrNO3. The molecular weight excluding hydrogens is 310 g/mol. The maximum atomic E-state index is 5.92. The van der Waals surface area contributed by atoms with Crippen LogP contribution in [0.3, 0.4) is 0 Å². The van der Waals surface area contributed by atoms with Gasteiger partial charge >= 0.3 is 0 Å². The molecule has 1 unspecified atom stereocenters. The van der Waals surface area contributed by atoms with Crippen LogP contribution in [0.25, 0.3) is 0 Å². The van der Waals surface area contributed by atoms with Gasteiger partial charge in [-0.15, -0.1) is 0 Å². The van der Waals surface area contributed by atoms with Gasteiger partial charge in [0, 0.05) is 22.3 Å². The minimum atomic E-state index is -0.146. The zero-order valence-electron chi connectivity index (χ0n) is 10.3. The number of nitrogens with zero attached hydrogens (tertiary/aromatic N) is 1. The lowest BCUT2D eigenvalue weighted by Crippen LogP contribution is -2.21. The molecule has 2 aromatic rings.